The summed E-state index contributed by atoms with van der Waals surface area (Å²) < 4.78 is 29.6. The van der Waals surface area contributed by atoms with Crippen LogP contribution in [0.25, 0.3) is 20.2 Å². The number of aryl methyl sites for hydroxylation is 1. The van der Waals surface area contributed by atoms with Crippen LogP contribution >= 0.6 is 22.7 Å². The molecule has 0 bridgehead atoms. The molecule has 0 unspecified atom stereocenters. The minimum absolute atomic E-state index is 0.371. The van der Waals surface area contributed by atoms with Gasteiger partial charge in [0.15, 0.2) is 5.79 Å². The van der Waals surface area contributed by atoms with Crippen molar-refractivity contribution < 1.29 is 18.8 Å². The van der Waals surface area contributed by atoms with Crippen molar-refractivity contribution in [1.29, 1.82) is 0 Å². The third-order valence-corrected chi connectivity index (χ3v) is 9.95. The molecule has 3 aromatic rings. The van der Waals surface area contributed by atoms with E-state index in [2.05, 4.69) is 53.7 Å². The van der Waals surface area contributed by atoms with Crippen molar-refractivity contribution in [3.8, 4) is 0 Å². The summed E-state index contributed by atoms with van der Waals surface area (Å²) in [6.07, 6.45) is 5.81. The highest BCUT2D eigenvalue weighted by molar-refractivity contribution is 7.34. The van der Waals surface area contributed by atoms with Crippen molar-refractivity contribution in [3.05, 3.63) is 23.3 Å². The fraction of sp³-hybridized carbons (Fsp3) is 0.615. The lowest BCUT2D eigenvalue weighted by Gasteiger charge is -2.32. The van der Waals surface area contributed by atoms with Crippen LogP contribution < -0.4 is 9.55 Å². The summed E-state index contributed by atoms with van der Waals surface area (Å²) in [5.74, 6) is -0.757. The summed E-state index contributed by atoms with van der Waals surface area (Å²) in [7, 11) is 6.00. The molecule has 0 N–H and O–H groups in total. The lowest BCUT2D eigenvalue weighted by atomic mass is 9.85. The number of ether oxygens (including phenoxy) is 2. The van der Waals surface area contributed by atoms with E-state index in [1.54, 1.807) is 22.7 Å². The molecular weight excluding hydrogens is 462 g/mol. The fourth-order valence-corrected chi connectivity index (χ4v) is 7.34. The first-order valence-corrected chi connectivity index (χ1v) is 14.1. The normalized spacial score (nSPS) is 21.3. The monoisotopic (exact) mass is 496 g/mol. The van der Waals surface area contributed by atoms with Crippen molar-refractivity contribution in [2.45, 2.75) is 90.6 Å². The molecule has 0 spiro atoms. The maximum absolute atomic E-state index is 6.42. The van der Waals surface area contributed by atoms with Crippen molar-refractivity contribution in [2.24, 2.45) is 0 Å². The maximum Gasteiger partial charge on any atom is 0.505 e. The molecule has 180 valence electrons. The molecule has 2 radical (unpaired) electrons. The lowest BCUT2D eigenvalue weighted by molar-refractivity contribution is -0.149. The van der Waals surface area contributed by atoms with Crippen molar-refractivity contribution in [1.82, 2.24) is 0 Å². The van der Waals surface area contributed by atoms with E-state index in [4.69, 9.17) is 26.6 Å². The predicted molar refractivity (Wildman–Crippen MR) is 145 cm³/mol. The van der Waals surface area contributed by atoms with Crippen LogP contribution in [0.5, 0.6) is 0 Å². The Balaban J connectivity index is 1.70. The van der Waals surface area contributed by atoms with Gasteiger partial charge in [-0.1, -0.05) is 32.3 Å². The first-order chi connectivity index (χ1) is 16.1. The fourth-order valence-electron chi connectivity index (χ4n) is 5.11. The Kier molecular flexibility index (Phi) is 6.48. The van der Waals surface area contributed by atoms with E-state index in [0.717, 1.165) is 33.3 Å². The van der Waals surface area contributed by atoms with Gasteiger partial charge in [-0.3, -0.25) is 0 Å². The molecule has 4 nitrogen and oxygen atoms in total. The smallest absolute Gasteiger partial charge is 0.399 e. The summed E-state index contributed by atoms with van der Waals surface area (Å²) in [6.45, 7) is 13.9. The van der Waals surface area contributed by atoms with Crippen molar-refractivity contribution in [2.75, 3.05) is 13.2 Å². The largest absolute Gasteiger partial charge is 0.505 e. The van der Waals surface area contributed by atoms with Crippen molar-refractivity contribution >= 4 is 67.4 Å². The van der Waals surface area contributed by atoms with E-state index >= 15 is 0 Å². The minimum atomic E-state index is -0.757. The van der Waals surface area contributed by atoms with Crippen LogP contribution in [0.2, 0.25) is 0 Å². The number of rotatable bonds is 7. The standard InChI is InChI=1S/C26H34B2O4S2/c1-7-8-9-10-11-16-17-15-20(28-31-24(2,3)25(4,5)32-28)34-22(17)23-18(14-19(27)33-23)21(16)26(6)29-12-13-30-26/h14-15H,7-13H2,1-6H3. The lowest BCUT2D eigenvalue weighted by Crippen LogP contribution is -2.41. The Hall–Kier alpha value is -0.890. The zero-order valence-corrected chi connectivity index (χ0v) is 22.8. The second-order valence-corrected chi connectivity index (χ2v) is 12.8. The molecule has 0 saturated carbocycles. The second-order valence-electron chi connectivity index (χ2n) is 10.7. The molecule has 5 rings (SSSR count). The highest BCUT2D eigenvalue weighted by Gasteiger charge is 2.52. The Morgan fingerprint density at radius 2 is 1.53 bits per heavy atom. The van der Waals surface area contributed by atoms with Crippen LogP contribution in [0, 0.1) is 0 Å². The SMILES string of the molecule is [B]c1cc2c(C3(C)OCCO3)c(CCCCCC)c3cc(B4OC(C)(C)C(C)(C)O4)sc3c2s1. The number of hydrogen-bond donors (Lipinski definition) is 0. The van der Waals surface area contributed by atoms with Gasteiger partial charge in [-0.25, -0.2) is 0 Å². The molecule has 1 aromatic carbocycles. The van der Waals surface area contributed by atoms with E-state index in [9.17, 15) is 0 Å². The summed E-state index contributed by atoms with van der Waals surface area (Å²) >= 11 is 3.41. The second kappa shape index (κ2) is 8.89. The molecule has 0 amide bonds. The Labute approximate surface area is 212 Å². The number of hydrogen-bond acceptors (Lipinski definition) is 6. The quantitative estimate of drug-likeness (QED) is 0.318. The zero-order chi connectivity index (χ0) is 24.3. The Bertz CT molecular complexity index is 1190. The van der Waals surface area contributed by atoms with E-state index in [0.29, 0.717) is 13.2 Å². The van der Waals surface area contributed by atoms with Gasteiger partial charge in [0.05, 0.1) is 33.8 Å². The molecule has 4 heterocycles. The third kappa shape index (κ3) is 4.08. The summed E-state index contributed by atoms with van der Waals surface area (Å²) in [5, 5.41) is 2.42. The van der Waals surface area contributed by atoms with Gasteiger partial charge in [0, 0.05) is 15.7 Å². The van der Waals surface area contributed by atoms with Gasteiger partial charge in [0.25, 0.3) is 0 Å². The summed E-state index contributed by atoms with van der Waals surface area (Å²) in [6, 6.07) is 4.39. The minimum Gasteiger partial charge on any atom is -0.399 e. The Morgan fingerprint density at radius 1 is 0.882 bits per heavy atom. The van der Waals surface area contributed by atoms with E-state index in [1.165, 1.54) is 39.6 Å². The maximum atomic E-state index is 6.42. The molecule has 8 heteroatoms. The first kappa shape index (κ1) is 24.8. The number of thiophene rings is 2. The van der Waals surface area contributed by atoms with Gasteiger partial charge >= 0.3 is 7.12 Å². The average molecular weight is 496 g/mol. The molecule has 0 aliphatic carbocycles. The van der Waals surface area contributed by atoms with Crippen molar-refractivity contribution in [3.63, 3.8) is 0 Å². The van der Waals surface area contributed by atoms with Gasteiger partial charge in [-0.2, -0.15) is 11.3 Å². The van der Waals surface area contributed by atoms with E-state index in [1.807, 2.05) is 0 Å². The zero-order valence-electron chi connectivity index (χ0n) is 21.2. The van der Waals surface area contributed by atoms with Gasteiger partial charge < -0.3 is 18.8 Å². The van der Waals surface area contributed by atoms with Crippen LogP contribution in [-0.4, -0.2) is 39.4 Å². The molecule has 2 fully saturated rings. The molecule has 2 aromatic heterocycles. The molecule has 34 heavy (non-hydrogen) atoms. The molecule has 2 aliphatic rings. The van der Waals surface area contributed by atoms with Gasteiger partial charge in [0.2, 0.25) is 0 Å². The summed E-state index contributed by atoms with van der Waals surface area (Å²) in [4.78, 5) is 0. The van der Waals surface area contributed by atoms with E-state index in [-0.39, 0.29) is 18.3 Å². The summed E-state index contributed by atoms with van der Waals surface area (Å²) in [5.41, 5.74) is 1.72. The number of unbranched alkanes of at least 4 members (excludes halogenated alkanes) is 3. The highest BCUT2D eigenvalue weighted by atomic mass is 32.1. The van der Waals surface area contributed by atoms with Crippen LogP contribution in [0.4, 0.5) is 0 Å². The highest BCUT2D eigenvalue weighted by Crippen LogP contribution is 2.46. The van der Waals surface area contributed by atoms with Gasteiger partial charge in [-0.05, 0) is 69.3 Å². The number of fused-ring (bicyclic) bond motifs is 3. The number of benzene rings is 1. The van der Waals surface area contributed by atoms with Crippen LogP contribution in [0.1, 0.15) is 78.4 Å². The molecular formula is C26H34B2O4S2. The van der Waals surface area contributed by atoms with Crippen LogP contribution in [0.3, 0.4) is 0 Å². The average Bonchev–Trinajstić information content (AvgIpc) is 3.50. The molecule has 0 atom stereocenters. The van der Waals surface area contributed by atoms with Gasteiger partial charge in [-0.15, -0.1) is 11.3 Å². The molecule has 2 aliphatic heterocycles. The predicted octanol–water partition coefficient (Wildman–Crippen LogP) is 5.55. The first-order valence-electron chi connectivity index (χ1n) is 12.5. The van der Waals surface area contributed by atoms with Gasteiger partial charge in [0.1, 0.15) is 7.85 Å². The van der Waals surface area contributed by atoms with Crippen LogP contribution in [0.15, 0.2) is 12.1 Å². The topological polar surface area (TPSA) is 36.9 Å². The van der Waals surface area contributed by atoms with E-state index < -0.39 is 5.79 Å². The van der Waals surface area contributed by atoms with Crippen LogP contribution in [-0.2, 0) is 31.0 Å². The molecule has 2 saturated heterocycles. The Morgan fingerprint density at radius 3 is 2.18 bits per heavy atom. The third-order valence-electron chi connectivity index (χ3n) is 7.66.